The number of oxime groups is 2. The van der Waals surface area contributed by atoms with Gasteiger partial charge in [0.1, 0.15) is 11.4 Å². The van der Waals surface area contributed by atoms with E-state index in [2.05, 4.69) is 17.2 Å². The van der Waals surface area contributed by atoms with Crippen molar-refractivity contribution in [2.45, 2.75) is 52.4 Å². The molecule has 0 fully saturated rings. The molecule has 0 unspecified atom stereocenters. The van der Waals surface area contributed by atoms with E-state index in [1.165, 1.54) is 19.3 Å². The van der Waals surface area contributed by atoms with Crippen molar-refractivity contribution in [1.82, 2.24) is 0 Å². The minimum atomic E-state index is 0.392. The van der Waals surface area contributed by atoms with Gasteiger partial charge in [-0.05, 0) is 19.8 Å². The lowest BCUT2D eigenvalue weighted by Gasteiger charge is -2.02. The Morgan fingerprint density at radius 1 is 1.00 bits per heavy atom. The van der Waals surface area contributed by atoms with E-state index < -0.39 is 0 Å². The minimum absolute atomic E-state index is 0.392. The molecule has 4 heteroatoms. The second kappa shape index (κ2) is 8.53. The molecule has 0 amide bonds. The summed E-state index contributed by atoms with van der Waals surface area (Å²) in [6.45, 7) is 3.80. The van der Waals surface area contributed by atoms with E-state index in [9.17, 15) is 0 Å². The Labute approximate surface area is 85.3 Å². The first-order chi connectivity index (χ1) is 6.76. The van der Waals surface area contributed by atoms with Gasteiger partial charge in [0.2, 0.25) is 0 Å². The van der Waals surface area contributed by atoms with E-state index in [1.807, 2.05) is 0 Å². The van der Waals surface area contributed by atoms with Gasteiger partial charge in [-0.3, -0.25) is 0 Å². The van der Waals surface area contributed by atoms with Crippen molar-refractivity contribution < 1.29 is 10.4 Å². The SMILES string of the molecule is CCCCCCCC(=NO)C(C)=NO. The highest BCUT2D eigenvalue weighted by atomic mass is 16.4. The summed E-state index contributed by atoms with van der Waals surface area (Å²) in [7, 11) is 0. The zero-order chi connectivity index (χ0) is 10.8. The summed E-state index contributed by atoms with van der Waals surface area (Å²) in [5, 5.41) is 23.2. The van der Waals surface area contributed by atoms with Crippen LogP contribution in [0.4, 0.5) is 0 Å². The predicted octanol–water partition coefficient (Wildman–Crippen LogP) is 3.03. The van der Waals surface area contributed by atoms with Crippen LogP contribution in [-0.4, -0.2) is 21.8 Å². The number of hydrogen-bond acceptors (Lipinski definition) is 4. The zero-order valence-electron chi connectivity index (χ0n) is 9.03. The Hall–Kier alpha value is -1.06. The molecule has 0 radical (unpaired) electrons. The molecule has 0 rings (SSSR count). The number of rotatable bonds is 7. The smallest absolute Gasteiger partial charge is 0.104 e. The van der Waals surface area contributed by atoms with Gasteiger partial charge in [0, 0.05) is 0 Å². The normalized spacial score (nSPS) is 13.3. The summed E-state index contributed by atoms with van der Waals surface area (Å²) in [6.07, 6.45) is 6.47. The Morgan fingerprint density at radius 3 is 2.14 bits per heavy atom. The van der Waals surface area contributed by atoms with Crippen LogP contribution in [0.5, 0.6) is 0 Å². The number of unbranched alkanes of at least 4 members (excludes halogenated alkanes) is 4. The molecule has 0 aliphatic rings. The van der Waals surface area contributed by atoms with Gasteiger partial charge in [-0.15, -0.1) is 0 Å². The number of nitrogens with zero attached hydrogens (tertiary/aromatic N) is 2. The lowest BCUT2D eigenvalue weighted by atomic mass is 10.1. The highest BCUT2D eigenvalue weighted by molar-refractivity contribution is 6.41. The van der Waals surface area contributed by atoms with Crippen LogP contribution >= 0.6 is 0 Å². The van der Waals surface area contributed by atoms with Crippen LogP contribution < -0.4 is 0 Å². The average Bonchev–Trinajstić information content (AvgIpc) is 2.22. The molecule has 0 aliphatic heterocycles. The van der Waals surface area contributed by atoms with Crippen molar-refractivity contribution in [1.29, 1.82) is 0 Å². The fourth-order valence-corrected chi connectivity index (χ4v) is 1.26. The molecule has 82 valence electrons. The predicted molar refractivity (Wildman–Crippen MR) is 57.5 cm³/mol. The fourth-order valence-electron chi connectivity index (χ4n) is 1.26. The third-order valence-corrected chi connectivity index (χ3v) is 2.21. The molecular formula is C10H20N2O2. The van der Waals surface area contributed by atoms with Crippen molar-refractivity contribution in [3.05, 3.63) is 0 Å². The van der Waals surface area contributed by atoms with Crippen LogP contribution in [0, 0.1) is 0 Å². The summed E-state index contributed by atoms with van der Waals surface area (Å²) in [4.78, 5) is 0. The molecule has 0 aromatic rings. The minimum Gasteiger partial charge on any atom is -0.411 e. The molecule has 0 atom stereocenters. The van der Waals surface area contributed by atoms with Gasteiger partial charge in [0.25, 0.3) is 0 Å². The summed E-state index contributed by atoms with van der Waals surface area (Å²) < 4.78 is 0. The van der Waals surface area contributed by atoms with Crippen LogP contribution in [0.15, 0.2) is 10.3 Å². The van der Waals surface area contributed by atoms with Gasteiger partial charge in [-0.1, -0.05) is 42.9 Å². The maximum absolute atomic E-state index is 8.63. The quantitative estimate of drug-likeness (QED) is 0.287. The Morgan fingerprint density at radius 2 is 1.64 bits per heavy atom. The molecule has 0 spiro atoms. The van der Waals surface area contributed by atoms with Crippen LogP contribution in [-0.2, 0) is 0 Å². The van der Waals surface area contributed by atoms with Crippen LogP contribution in [0.25, 0.3) is 0 Å². The van der Waals surface area contributed by atoms with E-state index in [0.29, 0.717) is 17.8 Å². The third kappa shape index (κ3) is 5.56. The second-order valence-electron chi connectivity index (χ2n) is 3.40. The Bertz CT molecular complexity index is 200. The van der Waals surface area contributed by atoms with Gasteiger partial charge in [-0.25, -0.2) is 0 Å². The van der Waals surface area contributed by atoms with Gasteiger partial charge in [-0.2, -0.15) is 0 Å². The Balaban J connectivity index is 3.65. The molecule has 0 bridgehead atoms. The topological polar surface area (TPSA) is 65.2 Å². The van der Waals surface area contributed by atoms with E-state index in [-0.39, 0.29) is 0 Å². The third-order valence-electron chi connectivity index (χ3n) is 2.21. The molecule has 4 nitrogen and oxygen atoms in total. The molecule has 2 N–H and O–H groups in total. The summed E-state index contributed by atoms with van der Waals surface area (Å²) >= 11 is 0. The highest BCUT2D eigenvalue weighted by Gasteiger charge is 2.04. The molecule has 0 saturated heterocycles. The van der Waals surface area contributed by atoms with E-state index in [0.717, 1.165) is 12.8 Å². The van der Waals surface area contributed by atoms with Crippen LogP contribution in [0.2, 0.25) is 0 Å². The standard InChI is InChI=1S/C10H20N2O2/c1-3-4-5-6-7-8-10(12-14)9(2)11-13/h13-14H,3-8H2,1-2H3. The van der Waals surface area contributed by atoms with Crippen molar-refractivity contribution >= 4 is 11.4 Å². The van der Waals surface area contributed by atoms with Crippen molar-refractivity contribution in [2.75, 3.05) is 0 Å². The second-order valence-corrected chi connectivity index (χ2v) is 3.40. The monoisotopic (exact) mass is 200 g/mol. The first-order valence-corrected chi connectivity index (χ1v) is 5.16. The molecule has 0 aromatic heterocycles. The van der Waals surface area contributed by atoms with Gasteiger partial charge in [0.05, 0.1) is 0 Å². The van der Waals surface area contributed by atoms with Gasteiger partial charge >= 0.3 is 0 Å². The molecule has 0 heterocycles. The molecule has 14 heavy (non-hydrogen) atoms. The highest BCUT2D eigenvalue weighted by Crippen LogP contribution is 2.06. The molecule has 0 aromatic carbocycles. The maximum Gasteiger partial charge on any atom is 0.104 e. The lowest BCUT2D eigenvalue weighted by molar-refractivity contribution is 0.312. The van der Waals surface area contributed by atoms with E-state index in [4.69, 9.17) is 10.4 Å². The van der Waals surface area contributed by atoms with Crippen molar-refractivity contribution in [3.8, 4) is 0 Å². The first-order valence-electron chi connectivity index (χ1n) is 5.16. The maximum atomic E-state index is 8.63. The van der Waals surface area contributed by atoms with E-state index in [1.54, 1.807) is 6.92 Å². The van der Waals surface area contributed by atoms with Crippen LogP contribution in [0.3, 0.4) is 0 Å². The zero-order valence-corrected chi connectivity index (χ0v) is 9.03. The summed E-state index contributed by atoms with van der Waals surface area (Å²) in [5.74, 6) is 0. The molecule has 0 aliphatic carbocycles. The fraction of sp³-hybridized carbons (Fsp3) is 0.800. The molecule has 0 saturated carbocycles. The van der Waals surface area contributed by atoms with Crippen molar-refractivity contribution in [3.63, 3.8) is 0 Å². The lowest BCUT2D eigenvalue weighted by Crippen LogP contribution is -2.10. The largest absolute Gasteiger partial charge is 0.411 e. The van der Waals surface area contributed by atoms with Crippen LogP contribution in [0.1, 0.15) is 52.4 Å². The van der Waals surface area contributed by atoms with Crippen molar-refractivity contribution in [2.24, 2.45) is 10.3 Å². The summed E-state index contributed by atoms with van der Waals surface area (Å²) in [5.41, 5.74) is 0.868. The average molecular weight is 200 g/mol. The van der Waals surface area contributed by atoms with Gasteiger partial charge in [0.15, 0.2) is 0 Å². The van der Waals surface area contributed by atoms with E-state index >= 15 is 0 Å². The van der Waals surface area contributed by atoms with Gasteiger partial charge < -0.3 is 10.4 Å². The Kier molecular flexibility index (Phi) is 7.89. The summed E-state index contributed by atoms with van der Waals surface area (Å²) in [6, 6.07) is 0. The molecular weight excluding hydrogens is 180 g/mol. The number of hydrogen-bond donors (Lipinski definition) is 2. The first kappa shape index (κ1) is 12.9.